The Morgan fingerprint density at radius 3 is 2.27 bits per heavy atom. The molecule has 144 valence electrons. The van der Waals surface area contributed by atoms with Crippen molar-refractivity contribution in [3.8, 4) is 11.5 Å². The molecule has 1 saturated heterocycles. The van der Waals surface area contributed by atoms with Crippen LogP contribution in [0.5, 0.6) is 11.5 Å². The Hall–Kier alpha value is -2.24. The van der Waals surface area contributed by atoms with Crippen LogP contribution in [0, 0.1) is 5.41 Å². The van der Waals surface area contributed by atoms with E-state index in [4.69, 9.17) is 9.47 Å². The predicted molar refractivity (Wildman–Crippen MR) is 101 cm³/mol. The third kappa shape index (κ3) is 5.38. The Morgan fingerprint density at radius 2 is 1.73 bits per heavy atom. The van der Waals surface area contributed by atoms with Crippen LogP contribution >= 0.6 is 0 Å². The van der Waals surface area contributed by atoms with Gasteiger partial charge in [-0.25, -0.2) is 0 Å². The van der Waals surface area contributed by atoms with E-state index < -0.39 is 0 Å². The van der Waals surface area contributed by atoms with Crippen LogP contribution in [0.4, 0.5) is 0 Å². The molecule has 6 nitrogen and oxygen atoms in total. The maximum atomic E-state index is 12.5. The Labute approximate surface area is 155 Å². The monoisotopic (exact) mass is 362 g/mol. The summed E-state index contributed by atoms with van der Waals surface area (Å²) in [6.45, 7) is 7.58. The number of rotatable bonds is 5. The van der Waals surface area contributed by atoms with Gasteiger partial charge in [0.15, 0.2) is 11.5 Å². The van der Waals surface area contributed by atoms with Crippen LogP contribution in [0.3, 0.4) is 0 Å². The summed E-state index contributed by atoms with van der Waals surface area (Å²) in [7, 11) is 3.11. The number of likely N-dealkylation sites (tertiary alicyclic amines) is 1. The highest BCUT2D eigenvalue weighted by molar-refractivity contribution is 5.95. The molecule has 1 N–H and O–H groups in total. The zero-order valence-electron chi connectivity index (χ0n) is 16.4. The fraction of sp³-hybridized carbons (Fsp3) is 0.600. The number of amides is 2. The third-order valence-electron chi connectivity index (χ3n) is 4.51. The maximum absolute atomic E-state index is 12.5. The standard InChI is InChI=1S/C20H30N2O4/c1-20(2,3)13-18(23)22-10-8-15(9-11-22)21-19(24)14-6-7-16(25-4)17(12-14)26-5/h6-7,12,15H,8-11,13H2,1-5H3,(H,21,24). The molecule has 0 unspecified atom stereocenters. The predicted octanol–water partition coefficient (Wildman–Crippen LogP) is 2.86. The zero-order valence-corrected chi connectivity index (χ0v) is 16.4. The highest BCUT2D eigenvalue weighted by atomic mass is 16.5. The Kier molecular flexibility index (Phi) is 6.51. The van der Waals surface area contributed by atoms with Gasteiger partial charge in [-0.15, -0.1) is 0 Å². The second-order valence-electron chi connectivity index (χ2n) is 7.94. The van der Waals surface area contributed by atoms with Crippen LogP contribution in [0.15, 0.2) is 18.2 Å². The first-order valence-electron chi connectivity index (χ1n) is 9.04. The Balaban J connectivity index is 1.89. The summed E-state index contributed by atoms with van der Waals surface area (Å²) in [5.74, 6) is 1.19. The minimum atomic E-state index is -0.134. The van der Waals surface area contributed by atoms with E-state index in [0.29, 0.717) is 36.6 Å². The molecule has 26 heavy (non-hydrogen) atoms. The highest BCUT2D eigenvalue weighted by Gasteiger charge is 2.26. The molecular weight excluding hydrogens is 332 g/mol. The van der Waals surface area contributed by atoms with Crippen LogP contribution < -0.4 is 14.8 Å². The van der Waals surface area contributed by atoms with Gasteiger partial charge < -0.3 is 19.7 Å². The summed E-state index contributed by atoms with van der Waals surface area (Å²) in [4.78, 5) is 26.7. The number of carbonyl (C=O) groups excluding carboxylic acids is 2. The molecule has 2 rings (SSSR count). The summed E-state index contributed by atoms with van der Waals surface area (Å²) in [5, 5.41) is 3.06. The minimum absolute atomic E-state index is 0.00439. The van der Waals surface area contributed by atoms with E-state index in [2.05, 4.69) is 26.1 Å². The van der Waals surface area contributed by atoms with Gasteiger partial charge in [0.1, 0.15) is 0 Å². The van der Waals surface area contributed by atoms with Gasteiger partial charge in [-0.3, -0.25) is 9.59 Å². The van der Waals surface area contributed by atoms with Gasteiger partial charge in [-0.2, -0.15) is 0 Å². The molecule has 1 aliphatic heterocycles. The van der Waals surface area contributed by atoms with Crippen molar-refractivity contribution in [1.29, 1.82) is 0 Å². The lowest BCUT2D eigenvalue weighted by atomic mass is 9.91. The summed E-state index contributed by atoms with van der Waals surface area (Å²) < 4.78 is 10.4. The van der Waals surface area contributed by atoms with Crippen molar-refractivity contribution in [2.45, 2.75) is 46.1 Å². The number of nitrogens with zero attached hydrogens (tertiary/aromatic N) is 1. The molecule has 0 saturated carbocycles. The average Bonchev–Trinajstić information content (AvgIpc) is 2.60. The molecule has 1 fully saturated rings. The van der Waals surface area contributed by atoms with Crippen LogP contribution in [0.25, 0.3) is 0 Å². The van der Waals surface area contributed by atoms with Gasteiger partial charge in [0.05, 0.1) is 14.2 Å². The van der Waals surface area contributed by atoms with Gasteiger partial charge in [0, 0.05) is 31.1 Å². The fourth-order valence-electron chi connectivity index (χ4n) is 3.08. The van der Waals surface area contributed by atoms with Gasteiger partial charge in [0.2, 0.25) is 5.91 Å². The molecule has 1 heterocycles. The molecule has 1 aliphatic rings. The minimum Gasteiger partial charge on any atom is -0.493 e. The molecular formula is C20H30N2O4. The molecule has 0 aromatic heterocycles. The zero-order chi connectivity index (χ0) is 19.3. The summed E-state index contributed by atoms with van der Waals surface area (Å²) in [5.41, 5.74) is 0.532. The fourth-order valence-corrected chi connectivity index (χ4v) is 3.08. The third-order valence-corrected chi connectivity index (χ3v) is 4.51. The van der Waals surface area contributed by atoms with Crippen molar-refractivity contribution < 1.29 is 19.1 Å². The smallest absolute Gasteiger partial charge is 0.251 e. The SMILES string of the molecule is COc1ccc(C(=O)NC2CCN(C(=O)CC(C)(C)C)CC2)cc1OC. The van der Waals surface area contributed by atoms with Gasteiger partial charge >= 0.3 is 0 Å². The quantitative estimate of drug-likeness (QED) is 0.875. The number of ether oxygens (including phenoxy) is 2. The van der Waals surface area contributed by atoms with Crippen molar-refractivity contribution in [3.63, 3.8) is 0 Å². The van der Waals surface area contributed by atoms with Crippen molar-refractivity contribution in [3.05, 3.63) is 23.8 Å². The summed E-state index contributed by atoms with van der Waals surface area (Å²) in [6, 6.07) is 5.20. The lowest BCUT2D eigenvalue weighted by Crippen LogP contribution is -2.47. The van der Waals surface area contributed by atoms with Crippen LogP contribution in [0.2, 0.25) is 0 Å². The van der Waals surface area contributed by atoms with Gasteiger partial charge in [-0.1, -0.05) is 20.8 Å². The molecule has 6 heteroatoms. The van der Waals surface area contributed by atoms with Crippen LogP contribution in [0.1, 0.15) is 50.4 Å². The number of methoxy groups -OCH3 is 2. The van der Waals surface area contributed by atoms with Crippen molar-refractivity contribution in [1.82, 2.24) is 10.2 Å². The molecule has 0 spiro atoms. The molecule has 0 radical (unpaired) electrons. The second-order valence-corrected chi connectivity index (χ2v) is 7.94. The summed E-state index contributed by atoms with van der Waals surface area (Å²) in [6.07, 6.45) is 2.10. The van der Waals surface area contributed by atoms with Crippen LogP contribution in [-0.4, -0.2) is 50.1 Å². The number of nitrogens with one attached hydrogen (secondary N) is 1. The van der Waals surface area contributed by atoms with E-state index in [-0.39, 0.29) is 23.3 Å². The van der Waals surface area contributed by atoms with Crippen molar-refractivity contribution in [2.24, 2.45) is 5.41 Å². The Bertz CT molecular complexity index is 644. The number of hydrogen-bond donors (Lipinski definition) is 1. The lowest BCUT2D eigenvalue weighted by Gasteiger charge is -2.34. The molecule has 0 bridgehead atoms. The lowest BCUT2D eigenvalue weighted by molar-refractivity contribution is -0.134. The first-order valence-corrected chi connectivity index (χ1v) is 9.04. The van der Waals surface area contributed by atoms with Gasteiger partial charge in [-0.05, 0) is 36.5 Å². The van der Waals surface area contributed by atoms with E-state index in [1.165, 1.54) is 0 Å². The normalized spacial score (nSPS) is 15.5. The number of benzene rings is 1. The van der Waals surface area contributed by atoms with E-state index in [1.807, 2.05) is 4.90 Å². The van der Waals surface area contributed by atoms with E-state index in [0.717, 1.165) is 12.8 Å². The number of piperidine rings is 1. The molecule has 1 aromatic carbocycles. The largest absolute Gasteiger partial charge is 0.493 e. The Morgan fingerprint density at radius 1 is 1.12 bits per heavy atom. The molecule has 0 aliphatic carbocycles. The second kappa shape index (κ2) is 8.43. The van der Waals surface area contributed by atoms with E-state index in [1.54, 1.807) is 32.4 Å². The van der Waals surface area contributed by atoms with Gasteiger partial charge in [0.25, 0.3) is 5.91 Å². The molecule has 1 aromatic rings. The maximum Gasteiger partial charge on any atom is 0.251 e. The first kappa shape index (κ1) is 20.1. The van der Waals surface area contributed by atoms with E-state index in [9.17, 15) is 9.59 Å². The summed E-state index contributed by atoms with van der Waals surface area (Å²) >= 11 is 0. The number of carbonyl (C=O) groups is 2. The average molecular weight is 362 g/mol. The molecule has 2 amide bonds. The van der Waals surface area contributed by atoms with Crippen molar-refractivity contribution in [2.75, 3.05) is 27.3 Å². The topological polar surface area (TPSA) is 67.9 Å². The van der Waals surface area contributed by atoms with E-state index >= 15 is 0 Å². The molecule has 0 atom stereocenters. The number of hydrogen-bond acceptors (Lipinski definition) is 4. The van der Waals surface area contributed by atoms with Crippen molar-refractivity contribution >= 4 is 11.8 Å². The van der Waals surface area contributed by atoms with Crippen LogP contribution in [-0.2, 0) is 4.79 Å². The highest BCUT2D eigenvalue weighted by Crippen LogP contribution is 2.27. The first-order chi connectivity index (χ1) is 12.2.